The second-order valence-electron chi connectivity index (χ2n) is 5.74. The molecule has 0 amide bonds. The summed E-state index contributed by atoms with van der Waals surface area (Å²) in [7, 11) is 0. The van der Waals surface area contributed by atoms with E-state index < -0.39 is 0 Å². The molecule has 1 aromatic carbocycles. The zero-order valence-corrected chi connectivity index (χ0v) is 11.9. The lowest BCUT2D eigenvalue weighted by Crippen LogP contribution is -2.24. The van der Waals surface area contributed by atoms with Gasteiger partial charge in [-0.1, -0.05) is 6.07 Å². The Labute approximate surface area is 118 Å². The molecule has 4 nitrogen and oxygen atoms in total. The fourth-order valence-electron chi connectivity index (χ4n) is 2.85. The number of nitrogens with two attached hydrogens (primary N) is 1. The second kappa shape index (κ2) is 5.38. The van der Waals surface area contributed by atoms with Crippen LogP contribution in [0.15, 0.2) is 29.1 Å². The van der Waals surface area contributed by atoms with Gasteiger partial charge in [0.25, 0.3) is 5.56 Å². The van der Waals surface area contributed by atoms with Crippen LogP contribution in [0.4, 0.5) is 0 Å². The number of aromatic nitrogens is 1. The zero-order chi connectivity index (χ0) is 14.1. The van der Waals surface area contributed by atoms with E-state index in [1.165, 1.54) is 12.8 Å². The maximum atomic E-state index is 12.1. The molecule has 1 aromatic heterocycles. The number of rotatable bonds is 3. The monoisotopic (exact) mass is 271 g/mol. The molecule has 0 spiro atoms. The first kappa shape index (κ1) is 13.3. The van der Waals surface area contributed by atoms with Gasteiger partial charge in [0.15, 0.2) is 0 Å². The number of likely N-dealkylation sites (tertiary alicyclic amines) is 1. The highest BCUT2D eigenvalue weighted by molar-refractivity contribution is 5.79. The highest BCUT2D eigenvalue weighted by Crippen LogP contribution is 2.19. The first-order chi connectivity index (χ1) is 9.63. The summed E-state index contributed by atoms with van der Waals surface area (Å²) < 4.78 is 0. The molecule has 2 heterocycles. The fourth-order valence-corrected chi connectivity index (χ4v) is 2.85. The van der Waals surface area contributed by atoms with Crippen LogP contribution in [0.1, 0.15) is 36.9 Å². The van der Waals surface area contributed by atoms with E-state index in [2.05, 4.69) is 16.0 Å². The number of H-pyrrole nitrogens is 1. The summed E-state index contributed by atoms with van der Waals surface area (Å²) in [4.78, 5) is 17.4. The maximum Gasteiger partial charge on any atom is 0.252 e. The zero-order valence-electron chi connectivity index (χ0n) is 11.9. The highest BCUT2D eigenvalue weighted by Gasteiger charge is 2.14. The Morgan fingerprint density at radius 1 is 1.30 bits per heavy atom. The molecule has 1 saturated heterocycles. The molecule has 1 atom stereocenters. The predicted molar refractivity (Wildman–Crippen MR) is 81.7 cm³/mol. The minimum absolute atomic E-state index is 0.00774. The van der Waals surface area contributed by atoms with Crippen molar-refractivity contribution < 1.29 is 0 Å². The first-order valence-electron chi connectivity index (χ1n) is 7.27. The van der Waals surface area contributed by atoms with Gasteiger partial charge in [0.05, 0.1) is 0 Å². The molecule has 0 bridgehead atoms. The molecule has 0 radical (unpaired) electrons. The summed E-state index contributed by atoms with van der Waals surface area (Å²) in [5.74, 6) is 0. The number of nitrogens with zero attached hydrogens (tertiary/aromatic N) is 1. The smallest absolute Gasteiger partial charge is 0.252 e. The number of aromatic amines is 1. The van der Waals surface area contributed by atoms with Gasteiger partial charge in [-0.2, -0.15) is 0 Å². The molecule has 106 valence electrons. The van der Waals surface area contributed by atoms with E-state index in [4.69, 9.17) is 5.73 Å². The maximum absolute atomic E-state index is 12.1. The summed E-state index contributed by atoms with van der Waals surface area (Å²) in [6.07, 6.45) is 2.47. The largest absolute Gasteiger partial charge is 0.324 e. The van der Waals surface area contributed by atoms with Crippen molar-refractivity contribution in [1.82, 2.24) is 9.88 Å². The van der Waals surface area contributed by atoms with E-state index >= 15 is 0 Å². The Bertz CT molecular complexity index is 669. The van der Waals surface area contributed by atoms with E-state index in [9.17, 15) is 4.79 Å². The van der Waals surface area contributed by atoms with Crippen LogP contribution in [0, 0.1) is 0 Å². The molecule has 1 fully saturated rings. The van der Waals surface area contributed by atoms with Crippen molar-refractivity contribution in [2.75, 3.05) is 13.1 Å². The van der Waals surface area contributed by atoms with Crippen molar-refractivity contribution in [3.63, 3.8) is 0 Å². The summed E-state index contributed by atoms with van der Waals surface area (Å²) in [6.45, 7) is 4.90. The van der Waals surface area contributed by atoms with Crippen LogP contribution in [-0.4, -0.2) is 23.0 Å². The van der Waals surface area contributed by atoms with Crippen molar-refractivity contribution in [3.8, 4) is 0 Å². The van der Waals surface area contributed by atoms with Crippen molar-refractivity contribution >= 4 is 10.9 Å². The third kappa shape index (κ3) is 2.62. The van der Waals surface area contributed by atoms with Crippen LogP contribution >= 0.6 is 0 Å². The van der Waals surface area contributed by atoms with Gasteiger partial charge in [0.1, 0.15) is 0 Å². The van der Waals surface area contributed by atoms with Gasteiger partial charge in [-0.05, 0) is 62.0 Å². The van der Waals surface area contributed by atoms with E-state index in [1.807, 2.05) is 25.1 Å². The molecular weight excluding hydrogens is 250 g/mol. The van der Waals surface area contributed by atoms with Crippen LogP contribution in [0.2, 0.25) is 0 Å². The Morgan fingerprint density at radius 3 is 2.75 bits per heavy atom. The van der Waals surface area contributed by atoms with Crippen molar-refractivity contribution in [2.24, 2.45) is 5.73 Å². The Kier molecular flexibility index (Phi) is 3.59. The number of pyridine rings is 1. The minimum Gasteiger partial charge on any atom is -0.324 e. The summed E-state index contributed by atoms with van der Waals surface area (Å²) in [5.41, 5.74) is 8.77. The molecule has 1 unspecified atom stereocenters. The van der Waals surface area contributed by atoms with E-state index in [-0.39, 0.29) is 11.6 Å². The number of hydrogen-bond donors (Lipinski definition) is 2. The highest BCUT2D eigenvalue weighted by atomic mass is 16.1. The topological polar surface area (TPSA) is 62.1 Å². The van der Waals surface area contributed by atoms with Gasteiger partial charge in [-0.25, -0.2) is 0 Å². The third-order valence-corrected chi connectivity index (χ3v) is 4.06. The number of fused-ring (bicyclic) bond motifs is 1. The van der Waals surface area contributed by atoms with Crippen LogP contribution in [0.25, 0.3) is 10.9 Å². The molecule has 20 heavy (non-hydrogen) atoms. The lowest BCUT2D eigenvalue weighted by Gasteiger charge is -2.14. The van der Waals surface area contributed by atoms with Gasteiger partial charge >= 0.3 is 0 Å². The van der Waals surface area contributed by atoms with Crippen molar-refractivity contribution in [2.45, 2.75) is 32.4 Å². The summed E-state index contributed by atoms with van der Waals surface area (Å²) in [6, 6.07) is 8.01. The number of benzene rings is 1. The SMILES string of the molecule is CC(N)c1ccc2[nH]c(=O)c(CN3CCCC3)cc2c1. The molecular formula is C16H21N3O. The quantitative estimate of drug-likeness (QED) is 0.899. The Balaban J connectivity index is 1.99. The Morgan fingerprint density at radius 2 is 2.05 bits per heavy atom. The van der Waals surface area contributed by atoms with Crippen molar-refractivity contribution in [1.29, 1.82) is 0 Å². The van der Waals surface area contributed by atoms with Crippen LogP contribution in [0.5, 0.6) is 0 Å². The van der Waals surface area contributed by atoms with E-state index in [0.29, 0.717) is 0 Å². The number of nitrogens with one attached hydrogen (secondary N) is 1. The van der Waals surface area contributed by atoms with E-state index in [0.717, 1.165) is 41.7 Å². The lowest BCUT2D eigenvalue weighted by molar-refractivity contribution is 0.330. The molecule has 0 saturated carbocycles. The Hall–Kier alpha value is -1.65. The van der Waals surface area contributed by atoms with Gasteiger partial charge in [0.2, 0.25) is 0 Å². The van der Waals surface area contributed by atoms with Crippen LogP contribution in [-0.2, 0) is 6.54 Å². The molecule has 3 N–H and O–H groups in total. The summed E-state index contributed by atoms with van der Waals surface area (Å²) >= 11 is 0. The molecule has 3 rings (SSSR count). The molecule has 1 aliphatic heterocycles. The molecule has 2 aromatic rings. The van der Waals surface area contributed by atoms with E-state index in [1.54, 1.807) is 0 Å². The standard InChI is InChI=1S/C16H21N3O/c1-11(17)12-4-5-15-13(8-12)9-14(16(20)18-15)10-19-6-2-3-7-19/h4-5,8-9,11H,2-3,6-7,10,17H2,1H3,(H,18,20). The van der Waals surface area contributed by atoms with Gasteiger partial charge in [-0.3, -0.25) is 9.69 Å². The van der Waals surface area contributed by atoms with Gasteiger partial charge < -0.3 is 10.7 Å². The van der Waals surface area contributed by atoms with Crippen molar-refractivity contribution in [3.05, 3.63) is 45.7 Å². The minimum atomic E-state index is 0.00774. The molecule has 4 heteroatoms. The summed E-state index contributed by atoms with van der Waals surface area (Å²) in [5, 5.41) is 1.06. The molecule has 0 aliphatic carbocycles. The normalized spacial score (nSPS) is 17.7. The predicted octanol–water partition coefficient (Wildman–Crippen LogP) is 2.14. The lowest BCUT2D eigenvalue weighted by atomic mass is 10.0. The third-order valence-electron chi connectivity index (χ3n) is 4.06. The van der Waals surface area contributed by atoms with Crippen LogP contribution < -0.4 is 11.3 Å². The fraction of sp³-hybridized carbons (Fsp3) is 0.438. The van der Waals surface area contributed by atoms with Gasteiger partial charge in [-0.15, -0.1) is 0 Å². The average molecular weight is 271 g/mol. The molecule has 1 aliphatic rings. The number of hydrogen-bond acceptors (Lipinski definition) is 3. The first-order valence-corrected chi connectivity index (χ1v) is 7.27. The van der Waals surface area contributed by atoms with Gasteiger partial charge in [0, 0.05) is 23.7 Å². The van der Waals surface area contributed by atoms with Crippen LogP contribution in [0.3, 0.4) is 0 Å². The average Bonchev–Trinajstić information content (AvgIpc) is 2.92. The second-order valence-corrected chi connectivity index (χ2v) is 5.74.